The fraction of sp³-hybridized carbons (Fsp3) is 0.464. The smallest absolute Gasteiger partial charge is 0.227 e. The maximum Gasteiger partial charge on any atom is 0.227 e. The van der Waals surface area contributed by atoms with E-state index in [9.17, 15) is 4.79 Å². The van der Waals surface area contributed by atoms with Gasteiger partial charge in [-0.3, -0.25) is 14.4 Å². The molecule has 0 saturated carbocycles. The molecule has 4 aliphatic rings. The van der Waals surface area contributed by atoms with Gasteiger partial charge in [-0.05, 0) is 37.4 Å². The average molecular weight is 487 g/mol. The number of methoxy groups -OCH3 is 1. The van der Waals surface area contributed by atoms with Crippen LogP contribution < -0.4 is 9.64 Å². The molecule has 0 N–H and O–H groups in total. The number of fused-ring (bicyclic) bond motifs is 3. The minimum Gasteiger partial charge on any atom is -0.495 e. The van der Waals surface area contributed by atoms with Crippen LogP contribution in [-0.2, 0) is 11.3 Å². The number of carbonyl (C=O) groups is 1. The summed E-state index contributed by atoms with van der Waals surface area (Å²) in [5.74, 6) is 1.80. The number of carbonyl (C=O) groups excluding carboxylic acids is 1. The first-order valence-electron chi connectivity index (χ1n) is 13.1. The van der Waals surface area contributed by atoms with E-state index >= 15 is 0 Å². The van der Waals surface area contributed by atoms with Crippen molar-refractivity contribution in [3.63, 3.8) is 0 Å². The van der Waals surface area contributed by atoms with Crippen molar-refractivity contribution in [1.82, 2.24) is 24.8 Å². The number of aromatic nitrogens is 3. The van der Waals surface area contributed by atoms with E-state index in [1.54, 1.807) is 7.11 Å². The first-order valence-corrected chi connectivity index (χ1v) is 13.1. The van der Waals surface area contributed by atoms with Crippen LogP contribution >= 0.6 is 0 Å². The lowest BCUT2D eigenvalue weighted by Crippen LogP contribution is -2.60. The van der Waals surface area contributed by atoms with Crippen molar-refractivity contribution in [2.24, 2.45) is 11.8 Å². The molecule has 2 aromatic carbocycles. The van der Waals surface area contributed by atoms with Gasteiger partial charge in [0.2, 0.25) is 5.91 Å². The highest BCUT2D eigenvalue weighted by Crippen LogP contribution is 2.38. The fourth-order valence-electron chi connectivity index (χ4n) is 6.25. The summed E-state index contributed by atoms with van der Waals surface area (Å²) in [6, 6.07) is 18.7. The minimum atomic E-state index is 0.114. The lowest BCUT2D eigenvalue weighted by molar-refractivity contribution is -0.144. The normalized spacial score (nSPS) is 25.7. The third-order valence-electron chi connectivity index (χ3n) is 8.22. The molecule has 1 amide bonds. The number of nitrogens with zero attached hydrogens (tertiary/aromatic N) is 6. The zero-order chi connectivity index (χ0) is 24.5. The van der Waals surface area contributed by atoms with E-state index in [1.807, 2.05) is 47.3 Å². The van der Waals surface area contributed by atoms with Gasteiger partial charge in [-0.1, -0.05) is 47.7 Å². The SMILES string of the molecule is COc1ccccc1N1CCN(C(=O)[C@@H]2CN3CC[C@H]2C[C@@H]3Cn2cc(-c3ccccc3)nn2)CC1. The third kappa shape index (κ3) is 4.46. The number of anilines is 1. The van der Waals surface area contributed by atoms with Crippen LogP contribution in [0.2, 0.25) is 0 Å². The van der Waals surface area contributed by atoms with Gasteiger partial charge in [0.05, 0.1) is 31.5 Å². The van der Waals surface area contributed by atoms with Crippen LogP contribution in [0.4, 0.5) is 5.69 Å². The Morgan fingerprint density at radius 3 is 2.53 bits per heavy atom. The highest BCUT2D eigenvalue weighted by atomic mass is 16.5. The van der Waals surface area contributed by atoms with Gasteiger partial charge in [-0.25, -0.2) is 0 Å². The van der Waals surface area contributed by atoms with Crippen LogP contribution in [0.1, 0.15) is 12.8 Å². The molecule has 1 aromatic heterocycles. The number of piperidine rings is 3. The molecule has 4 aliphatic heterocycles. The lowest BCUT2D eigenvalue weighted by Gasteiger charge is -2.50. The summed E-state index contributed by atoms with van der Waals surface area (Å²) < 4.78 is 7.51. The van der Waals surface area contributed by atoms with Crippen molar-refractivity contribution in [2.45, 2.75) is 25.4 Å². The Bertz CT molecular complexity index is 1190. The van der Waals surface area contributed by atoms with Crippen molar-refractivity contribution in [3.8, 4) is 17.0 Å². The van der Waals surface area contributed by atoms with Crippen molar-refractivity contribution in [3.05, 3.63) is 60.8 Å². The summed E-state index contributed by atoms with van der Waals surface area (Å²) in [4.78, 5) is 20.5. The van der Waals surface area contributed by atoms with Gasteiger partial charge in [0.1, 0.15) is 11.4 Å². The molecule has 2 bridgehead atoms. The van der Waals surface area contributed by atoms with Gasteiger partial charge >= 0.3 is 0 Å². The lowest BCUT2D eigenvalue weighted by atomic mass is 9.75. The summed E-state index contributed by atoms with van der Waals surface area (Å²) in [7, 11) is 1.71. The topological polar surface area (TPSA) is 66.7 Å². The van der Waals surface area contributed by atoms with E-state index in [4.69, 9.17) is 4.74 Å². The molecule has 4 atom stereocenters. The molecule has 0 spiro atoms. The van der Waals surface area contributed by atoms with Crippen LogP contribution in [0.15, 0.2) is 60.8 Å². The molecular weight excluding hydrogens is 452 g/mol. The maximum atomic E-state index is 13.6. The van der Waals surface area contributed by atoms with Gasteiger partial charge in [-0.15, -0.1) is 5.10 Å². The van der Waals surface area contributed by atoms with E-state index in [1.165, 1.54) is 0 Å². The predicted molar refractivity (Wildman–Crippen MR) is 139 cm³/mol. The van der Waals surface area contributed by atoms with Crippen molar-refractivity contribution >= 4 is 11.6 Å². The largest absolute Gasteiger partial charge is 0.495 e. The molecule has 1 unspecified atom stereocenters. The van der Waals surface area contributed by atoms with E-state index in [2.05, 4.69) is 43.2 Å². The van der Waals surface area contributed by atoms with Crippen LogP contribution in [0.5, 0.6) is 5.75 Å². The van der Waals surface area contributed by atoms with Gasteiger partial charge < -0.3 is 14.5 Å². The van der Waals surface area contributed by atoms with Gasteiger partial charge in [0, 0.05) is 44.3 Å². The molecule has 5 heterocycles. The fourth-order valence-corrected chi connectivity index (χ4v) is 6.25. The Balaban J connectivity index is 1.05. The number of ether oxygens (including phenoxy) is 1. The molecule has 0 radical (unpaired) electrons. The van der Waals surface area contributed by atoms with E-state index in [0.717, 1.165) is 81.3 Å². The zero-order valence-electron chi connectivity index (χ0n) is 20.9. The van der Waals surface area contributed by atoms with Crippen molar-refractivity contribution in [1.29, 1.82) is 0 Å². The summed E-state index contributed by atoms with van der Waals surface area (Å²) in [5, 5.41) is 8.77. The highest BCUT2D eigenvalue weighted by molar-refractivity contribution is 5.80. The van der Waals surface area contributed by atoms with E-state index < -0.39 is 0 Å². The standard InChI is InChI=1S/C28H34N6O2/c1-36-27-10-6-5-9-26(27)31-13-15-32(16-14-31)28(35)24-19-33-12-11-22(24)17-23(33)18-34-20-25(29-30-34)21-7-3-2-4-8-21/h2-10,20,22-24H,11-19H2,1H3/t22-,23+,24+/m0/s1. The second kappa shape index (κ2) is 9.93. The van der Waals surface area contributed by atoms with E-state index in [0.29, 0.717) is 17.9 Å². The molecule has 8 nitrogen and oxygen atoms in total. The predicted octanol–water partition coefficient (Wildman–Crippen LogP) is 3.01. The summed E-state index contributed by atoms with van der Waals surface area (Å²) in [5.41, 5.74) is 3.11. The average Bonchev–Trinajstić information content (AvgIpc) is 3.42. The molecule has 7 rings (SSSR count). The number of piperazine rings is 1. The monoisotopic (exact) mass is 486 g/mol. The quantitative estimate of drug-likeness (QED) is 0.534. The Labute approximate surface area is 212 Å². The van der Waals surface area contributed by atoms with Crippen molar-refractivity contribution in [2.75, 3.05) is 51.3 Å². The Morgan fingerprint density at radius 1 is 1.00 bits per heavy atom. The Morgan fingerprint density at radius 2 is 1.78 bits per heavy atom. The van der Waals surface area contributed by atoms with Crippen molar-refractivity contribution < 1.29 is 9.53 Å². The number of hydrogen-bond donors (Lipinski definition) is 0. The number of amides is 1. The third-order valence-corrected chi connectivity index (χ3v) is 8.22. The number of benzene rings is 2. The highest BCUT2D eigenvalue weighted by Gasteiger charge is 2.44. The van der Waals surface area contributed by atoms with Crippen LogP contribution in [0.25, 0.3) is 11.3 Å². The zero-order valence-corrected chi connectivity index (χ0v) is 20.9. The maximum absolute atomic E-state index is 13.6. The Hall–Kier alpha value is -3.39. The number of rotatable bonds is 6. The molecular formula is C28H34N6O2. The molecule has 3 aromatic rings. The molecule has 4 fully saturated rings. The van der Waals surface area contributed by atoms with Gasteiger partial charge in [-0.2, -0.15) is 0 Å². The molecule has 36 heavy (non-hydrogen) atoms. The molecule has 4 saturated heterocycles. The second-order valence-corrected chi connectivity index (χ2v) is 10.2. The van der Waals surface area contributed by atoms with Crippen LogP contribution in [0.3, 0.4) is 0 Å². The van der Waals surface area contributed by atoms with Crippen LogP contribution in [0, 0.1) is 11.8 Å². The second-order valence-electron chi connectivity index (χ2n) is 10.2. The van der Waals surface area contributed by atoms with Gasteiger partial charge in [0.25, 0.3) is 0 Å². The van der Waals surface area contributed by atoms with Gasteiger partial charge in [0.15, 0.2) is 0 Å². The summed E-state index contributed by atoms with van der Waals surface area (Å²) in [6.07, 6.45) is 4.21. The number of hydrogen-bond acceptors (Lipinski definition) is 6. The van der Waals surface area contributed by atoms with Crippen LogP contribution in [-0.4, -0.2) is 83.1 Å². The first kappa shape index (κ1) is 23.0. The first-order chi connectivity index (χ1) is 17.7. The summed E-state index contributed by atoms with van der Waals surface area (Å²) >= 11 is 0. The molecule has 188 valence electrons. The summed E-state index contributed by atoms with van der Waals surface area (Å²) in [6.45, 7) is 5.98. The molecule has 8 heteroatoms. The molecule has 0 aliphatic carbocycles. The minimum absolute atomic E-state index is 0.114. The van der Waals surface area contributed by atoms with E-state index in [-0.39, 0.29) is 5.92 Å². The Kier molecular flexibility index (Phi) is 6.35. The number of para-hydroxylation sites is 2.